The number of nitrogens with zero attached hydrogens (tertiary/aromatic N) is 1. The fraction of sp³-hybridized carbons (Fsp3) is 0.188. The van der Waals surface area contributed by atoms with Crippen molar-refractivity contribution >= 4 is 17.5 Å². The quantitative estimate of drug-likeness (QED) is 0.940. The molecular weight excluding hydrogens is 272 g/mol. The molecule has 0 heterocycles. The van der Waals surface area contributed by atoms with Crippen LogP contribution in [0.5, 0.6) is 0 Å². The van der Waals surface area contributed by atoms with Gasteiger partial charge in [-0.3, -0.25) is 4.79 Å². The van der Waals surface area contributed by atoms with E-state index in [2.05, 4.69) is 0 Å². The second-order valence-corrected chi connectivity index (χ2v) is 5.13. The SMILES string of the molecule is CN(Cc1cccc(Cl)c1)C(=O)c1ccc(CN)cc1. The number of hydrogen-bond acceptors (Lipinski definition) is 2. The molecule has 0 unspecified atom stereocenters. The Bertz CT molecular complexity index is 596. The smallest absolute Gasteiger partial charge is 0.253 e. The first-order valence-corrected chi connectivity index (χ1v) is 6.77. The van der Waals surface area contributed by atoms with Gasteiger partial charge in [0.25, 0.3) is 5.91 Å². The predicted octanol–water partition coefficient (Wildman–Crippen LogP) is 3.07. The van der Waals surface area contributed by atoms with Crippen LogP contribution in [-0.4, -0.2) is 17.9 Å². The fourth-order valence-electron chi connectivity index (χ4n) is 1.98. The Labute approximate surface area is 124 Å². The highest BCUT2D eigenvalue weighted by molar-refractivity contribution is 6.30. The lowest BCUT2D eigenvalue weighted by molar-refractivity contribution is 0.0785. The summed E-state index contributed by atoms with van der Waals surface area (Å²) in [5.41, 5.74) is 8.22. The van der Waals surface area contributed by atoms with Crippen LogP contribution >= 0.6 is 11.6 Å². The van der Waals surface area contributed by atoms with Crippen LogP contribution in [0.1, 0.15) is 21.5 Å². The van der Waals surface area contributed by atoms with E-state index in [4.69, 9.17) is 17.3 Å². The number of carbonyl (C=O) groups is 1. The highest BCUT2D eigenvalue weighted by Gasteiger charge is 2.11. The molecule has 0 aromatic heterocycles. The van der Waals surface area contributed by atoms with Crippen LogP contribution in [0, 0.1) is 0 Å². The molecule has 20 heavy (non-hydrogen) atoms. The van der Waals surface area contributed by atoms with Crippen molar-refractivity contribution in [1.29, 1.82) is 0 Å². The van der Waals surface area contributed by atoms with Gasteiger partial charge in [-0.05, 0) is 35.4 Å². The summed E-state index contributed by atoms with van der Waals surface area (Å²) in [6.07, 6.45) is 0. The average molecular weight is 289 g/mol. The van der Waals surface area contributed by atoms with Crippen LogP contribution < -0.4 is 5.73 Å². The summed E-state index contributed by atoms with van der Waals surface area (Å²) in [6.45, 7) is 1.00. The van der Waals surface area contributed by atoms with Gasteiger partial charge in [-0.25, -0.2) is 0 Å². The van der Waals surface area contributed by atoms with E-state index in [0.717, 1.165) is 11.1 Å². The van der Waals surface area contributed by atoms with Gasteiger partial charge in [-0.2, -0.15) is 0 Å². The van der Waals surface area contributed by atoms with Gasteiger partial charge in [-0.15, -0.1) is 0 Å². The van der Waals surface area contributed by atoms with Crippen molar-refractivity contribution in [2.45, 2.75) is 13.1 Å². The lowest BCUT2D eigenvalue weighted by atomic mass is 10.1. The van der Waals surface area contributed by atoms with E-state index in [1.165, 1.54) is 0 Å². The summed E-state index contributed by atoms with van der Waals surface area (Å²) in [6, 6.07) is 14.9. The maximum absolute atomic E-state index is 12.3. The van der Waals surface area contributed by atoms with Gasteiger partial charge >= 0.3 is 0 Å². The maximum Gasteiger partial charge on any atom is 0.253 e. The summed E-state index contributed by atoms with van der Waals surface area (Å²) >= 11 is 5.94. The van der Waals surface area contributed by atoms with E-state index >= 15 is 0 Å². The molecule has 2 aromatic rings. The number of halogens is 1. The zero-order chi connectivity index (χ0) is 14.5. The van der Waals surface area contributed by atoms with Crippen molar-refractivity contribution in [2.24, 2.45) is 5.73 Å². The minimum Gasteiger partial charge on any atom is -0.337 e. The van der Waals surface area contributed by atoms with E-state index in [9.17, 15) is 4.79 Å². The summed E-state index contributed by atoms with van der Waals surface area (Å²) in [4.78, 5) is 14.0. The lowest BCUT2D eigenvalue weighted by Crippen LogP contribution is -2.26. The number of amides is 1. The second-order valence-electron chi connectivity index (χ2n) is 4.69. The van der Waals surface area contributed by atoms with Crippen molar-refractivity contribution in [2.75, 3.05) is 7.05 Å². The van der Waals surface area contributed by atoms with Crippen LogP contribution in [0.2, 0.25) is 5.02 Å². The fourth-order valence-corrected chi connectivity index (χ4v) is 2.20. The van der Waals surface area contributed by atoms with Gasteiger partial charge in [0.1, 0.15) is 0 Å². The summed E-state index contributed by atoms with van der Waals surface area (Å²) < 4.78 is 0. The average Bonchev–Trinajstić information content (AvgIpc) is 2.46. The van der Waals surface area contributed by atoms with E-state index in [1.54, 1.807) is 24.1 Å². The molecule has 4 heteroatoms. The Morgan fingerprint density at radius 1 is 1.15 bits per heavy atom. The Morgan fingerprint density at radius 2 is 1.85 bits per heavy atom. The van der Waals surface area contributed by atoms with Gasteiger partial charge in [0.2, 0.25) is 0 Å². The van der Waals surface area contributed by atoms with E-state index in [-0.39, 0.29) is 5.91 Å². The molecule has 1 amide bonds. The largest absolute Gasteiger partial charge is 0.337 e. The molecule has 104 valence electrons. The molecule has 0 atom stereocenters. The molecule has 3 nitrogen and oxygen atoms in total. The number of carbonyl (C=O) groups excluding carboxylic acids is 1. The van der Waals surface area contributed by atoms with Gasteiger partial charge in [0, 0.05) is 30.7 Å². The molecule has 0 aliphatic rings. The third kappa shape index (κ3) is 3.59. The number of nitrogens with two attached hydrogens (primary N) is 1. The first kappa shape index (κ1) is 14.6. The van der Waals surface area contributed by atoms with Crippen LogP contribution in [0.3, 0.4) is 0 Å². The predicted molar refractivity (Wildman–Crippen MR) is 81.6 cm³/mol. The van der Waals surface area contributed by atoms with Crippen molar-refractivity contribution < 1.29 is 4.79 Å². The normalized spacial score (nSPS) is 10.3. The third-order valence-electron chi connectivity index (χ3n) is 3.09. The number of rotatable bonds is 4. The van der Waals surface area contributed by atoms with Crippen molar-refractivity contribution in [3.05, 3.63) is 70.2 Å². The number of benzene rings is 2. The van der Waals surface area contributed by atoms with Gasteiger partial charge in [-0.1, -0.05) is 35.9 Å². The van der Waals surface area contributed by atoms with Crippen LogP contribution in [-0.2, 0) is 13.1 Å². The summed E-state index contributed by atoms with van der Waals surface area (Å²) in [7, 11) is 1.78. The molecule has 2 N–H and O–H groups in total. The maximum atomic E-state index is 12.3. The first-order valence-electron chi connectivity index (χ1n) is 6.39. The van der Waals surface area contributed by atoms with E-state index in [1.807, 2.05) is 36.4 Å². The molecule has 0 saturated heterocycles. The van der Waals surface area contributed by atoms with Gasteiger partial charge in [0.05, 0.1) is 0 Å². The Balaban J connectivity index is 2.07. The van der Waals surface area contributed by atoms with Crippen molar-refractivity contribution in [3.8, 4) is 0 Å². The molecule has 0 saturated carbocycles. The van der Waals surface area contributed by atoms with Crippen LogP contribution in [0.15, 0.2) is 48.5 Å². The van der Waals surface area contributed by atoms with Crippen LogP contribution in [0.4, 0.5) is 0 Å². The molecule has 0 bridgehead atoms. The molecule has 0 radical (unpaired) electrons. The topological polar surface area (TPSA) is 46.3 Å². The molecule has 2 rings (SSSR count). The van der Waals surface area contributed by atoms with E-state index in [0.29, 0.717) is 23.7 Å². The first-order chi connectivity index (χ1) is 9.60. The monoisotopic (exact) mass is 288 g/mol. The zero-order valence-electron chi connectivity index (χ0n) is 11.3. The Morgan fingerprint density at radius 3 is 2.45 bits per heavy atom. The lowest BCUT2D eigenvalue weighted by Gasteiger charge is -2.17. The Hall–Kier alpha value is -1.84. The zero-order valence-corrected chi connectivity index (χ0v) is 12.1. The molecular formula is C16H17ClN2O. The summed E-state index contributed by atoms with van der Waals surface area (Å²) in [5, 5.41) is 0.677. The molecule has 0 fully saturated rings. The summed E-state index contributed by atoms with van der Waals surface area (Å²) in [5.74, 6) is -0.0199. The van der Waals surface area contributed by atoms with Gasteiger partial charge < -0.3 is 10.6 Å². The number of hydrogen-bond donors (Lipinski definition) is 1. The highest BCUT2D eigenvalue weighted by atomic mass is 35.5. The van der Waals surface area contributed by atoms with E-state index < -0.39 is 0 Å². The van der Waals surface area contributed by atoms with Crippen molar-refractivity contribution in [3.63, 3.8) is 0 Å². The molecule has 0 aliphatic carbocycles. The molecule has 2 aromatic carbocycles. The highest BCUT2D eigenvalue weighted by Crippen LogP contribution is 2.14. The molecule has 0 aliphatic heterocycles. The van der Waals surface area contributed by atoms with Crippen molar-refractivity contribution in [1.82, 2.24) is 4.90 Å². The second kappa shape index (κ2) is 6.55. The molecule has 0 spiro atoms. The third-order valence-corrected chi connectivity index (χ3v) is 3.33. The van der Waals surface area contributed by atoms with Gasteiger partial charge in [0.15, 0.2) is 0 Å². The minimum atomic E-state index is -0.0199. The standard InChI is InChI=1S/C16H17ClN2O/c1-19(11-13-3-2-4-15(17)9-13)16(20)14-7-5-12(10-18)6-8-14/h2-9H,10-11,18H2,1H3. The van der Waals surface area contributed by atoms with Crippen LogP contribution in [0.25, 0.3) is 0 Å². The minimum absolute atomic E-state index is 0.0199. The Kier molecular flexibility index (Phi) is 4.77.